The van der Waals surface area contributed by atoms with Gasteiger partial charge in [-0.05, 0) is 59.8 Å². The SMILES string of the molecule is CC(C)[Si](C(C)C)(C(C)C)n1cccc1C1=CCCC1. The van der Waals surface area contributed by atoms with E-state index in [2.05, 4.69) is 70.2 Å². The number of hydrogen-bond acceptors (Lipinski definition) is 0. The van der Waals surface area contributed by atoms with Gasteiger partial charge in [-0.3, -0.25) is 0 Å². The summed E-state index contributed by atoms with van der Waals surface area (Å²) < 4.78 is 2.74. The third kappa shape index (κ3) is 2.32. The maximum absolute atomic E-state index is 2.74. The van der Waals surface area contributed by atoms with Crippen molar-refractivity contribution in [1.82, 2.24) is 4.23 Å². The summed E-state index contributed by atoms with van der Waals surface area (Å²) in [5.41, 5.74) is 5.39. The molecule has 0 amide bonds. The van der Waals surface area contributed by atoms with Gasteiger partial charge in [0.15, 0.2) is 8.24 Å². The second-order valence-corrected chi connectivity index (χ2v) is 13.0. The summed E-state index contributed by atoms with van der Waals surface area (Å²) in [4.78, 5) is 0. The van der Waals surface area contributed by atoms with Crippen LogP contribution in [0.5, 0.6) is 0 Å². The van der Waals surface area contributed by atoms with Gasteiger partial charge >= 0.3 is 0 Å². The molecule has 0 atom stereocenters. The molecule has 1 aliphatic rings. The van der Waals surface area contributed by atoms with E-state index in [0.29, 0.717) is 0 Å². The molecule has 2 heteroatoms. The summed E-state index contributed by atoms with van der Waals surface area (Å²) in [6.07, 6.45) is 8.70. The zero-order chi connectivity index (χ0) is 14.9. The molecule has 0 fully saturated rings. The second-order valence-electron chi connectivity index (χ2n) is 7.24. The number of aromatic nitrogens is 1. The molecule has 1 heterocycles. The lowest BCUT2D eigenvalue weighted by atomic mass is 10.2. The van der Waals surface area contributed by atoms with Crippen molar-refractivity contribution in [2.75, 3.05) is 0 Å². The second kappa shape index (κ2) is 5.93. The predicted octanol–water partition coefficient (Wildman–Crippen LogP) is 6.08. The average molecular weight is 290 g/mol. The molecule has 1 aromatic rings. The summed E-state index contributed by atoms with van der Waals surface area (Å²) in [6, 6.07) is 4.62. The van der Waals surface area contributed by atoms with Crippen LogP contribution in [0, 0.1) is 0 Å². The Morgan fingerprint density at radius 1 is 1.00 bits per heavy atom. The van der Waals surface area contributed by atoms with Gasteiger partial charge in [0.2, 0.25) is 0 Å². The molecule has 0 spiro atoms. The van der Waals surface area contributed by atoms with Gasteiger partial charge in [0.1, 0.15) is 0 Å². The van der Waals surface area contributed by atoms with Crippen LogP contribution in [0.15, 0.2) is 24.4 Å². The zero-order valence-corrected chi connectivity index (χ0v) is 15.1. The van der Waals surface area contributed by atoms with Crippen LogP contribution in [0.2, 0.25) is 16.6 Å². The summed E-state index contributed by atoms with van der Waals surface area (Å²) >= 11 is 0. The molecule has 0 N–H and O–H groups in total. The highest BCUT2D eigenvalue weighted by Crippen LogP contribution is 2.44. The van der Waals surface area contributed by atoms with Crippen LogP contribution in [0.3, 0.4) is 0 Å². The van der Waals surface area contributed by atoms with E-state index in [9.17, 15) is 0 Å². The number of allylic oxidation sites excluding steroid dienone is 2. The molecule has 0 radical (unpaired) electrons. The van der Waals surface area contributed by atoms with Gasteiger partial charge in [0, 0.05) is 5.69 Å². The first-order chi connectivity index (χ1) is 9.42. The smallest absolute Gasteiger partial charge is 0.169 e. The number of rotatable bonds is 5. The number of nitrogens with zero attached hydrogens (tertiary/aromatic N) is 1. The van der Waals surface area contributed by atoms with Crippen LogP contribution in [-0.2, 0) is 0 Å². The lowest BCUT2D eigenvalue weighted by Gasteiger charge is -2.45. The Morgan fingerprint density at radius 3 is 2.05 bits per heavy atom. The first kappa shape index (κ1) is 15.6. The van der Waals surface area contributed by atoms with Crippen LogP contribution < -0.4 is 0 Å². The Morgan fingerprint density at radius 2 is 1.60 bits per heavy atom. The van der Waals surface area contributed by atoms with E-state index in [-0.39, 0.29) is 0 Å². The van der Waals surface area contributed by atoms with Crippen LogP contribution in [0.25, 0.3) is 5.57 Å². The van der Waals surface area contributed by atoms with Gasteiger partial charge in [0.05, 0.1) is 0 Å². The highest BCUT2D eigenvalue weighted by Gasteiger charge is 2.46. The normalized spacial score (nSPS) is 16.6. The minimum atomic E-state index is -1.59. The Balaban J connectivity index is 2.58. The fourth-order valence-electron chi connectivity index (χ4n) is 4.72. The molecular weight excluding hydrogens is 258 g/mol. The van der Waals surface area contributed by atoms with Crippen molar-refractivity contribution in [3.05, 3.63) is 30.1 Å². The minimum absolute atomic E-state index is 0.760. The number of hydrogen-bond donors (Lipinski definition) is 0. The molecule has 0 aliphatic heterocycles. The Labute approximate surface area is 126 Å². The van der Waals surface area contributed by atoms with Crippen molar-refractivity contribution in [1.29, 1.82) is 0 Å². The quantitative estimate of drug-likeness (QED) is 0.579. The van der Waals surface area contributed by atoms with E-state index in [1.165, 1.54) is 25.0 Å². The fourth-order valence-corrected chi connectivity index (χ4v) is 11.4. The highest BCUT2D eigenvalue weighted by molar-refractivity contribution is 6.82. The molecule has 20 heavy (non-hydrogen) atoms. The third-order valence-electron chi connectivity index (χ3n) is 5.31. The van der Waals surface area contributed by atoms with E-state index in [1.54, 1.807) is 5.57 Å². The molecule has 1 aromatic heterocycles. The first-order valence-electron chi connectivity index (χ1n) is 8.29. The molecule has 0 saturated heterocycles. The van der Waals surface area contributed by atoms with Gasteiger partial charge in [-0.2, -0.15) is 0 Å². The van der Waals surface area contributed by atoms with Crippen molar-refractivity contribution in [3.63, 3.8) is 0 Å². The largest absolute Gasteiger partial charge is 0.373 e. The van der Waals surface area contributed by atoms with E-state index in [1.807, 2.05) is 0 Å². The lowest BCUT2D eigenvalue weighted by Crippen LogP contribution is -2.52. The third-order valence-corrected chi connectivity index (χ3v) is 12.1. The summed E-state index contributed by atoms with van der Waals surface area (Å²) in [7, 11) is -1.59. The zero-order valence-electron chi connectivity index (χ0n) is 14.1. The van der Waals surface area contributed by atoms with E-state index in [4.69, 9.17) is 0 Å². The lowest BCUT2D eigenvalue weighted by molar-refractivity contribution is 0.761. The summed E-state index contributed by atoms with van der Waals surface area (Å²) in [5, 5.41) is 0. The predicted molar refractivity (Wildman–Crippen MR) is 92.7 cm³/mol. The van der Waals surface area contributed by atoms with Crippen molar-refractivity contribution in [3.8, 4) is 0 Å². The molecule has 2 rings (SSSR count). The van der Waals surface area contributed by atoms with Gasteiger partial charge in [0.25, 0.3) is 0 Å². The molecule has 112 valence electrons. The van der Waals surface area contributed by atoms with Crippen molar-refractivity contribution < 1.29 is 0 Å². The van der Waals surface area contributed by atoms with Gasteiger partial charge in [-0.15, -0.1) is 0 Å². The summed E-state index contributed by atoms with van der Waals surface area (Å²) in [5.74, 6) is 0. The molecule has 0 bridgehead atoms. The van der Waals surface area contributed by atoms with Crippen LogP contribution in [-0.4, -0.2) is 12.5 Å². The van der Waals surface area contributed by atoms with Gasteiger partial charge in [-0.25, -0.2) is 0 Å². The van der Waals surface area contributed by atoms with Crippen molar-refractivity contribution >= 4 is 13.8 Å². The monoisotopic (exact) mass is 289 g/mol. The van der Waals surface area contributed by atoms with Crippen LogP contribution in [0.4, 0.5) is 0 Å². The van der Waals surface area contributed by atoms with Gasteiger partial charge in [-0.1, -0.05) is 47.6 Å². The first-order valence-corrected chi connectivity index (χ1v) is 10.5. The standard InChI is InChI=1S/C18H31NSi/c1-14(2)20(15(3)4,16(5)6)19-13-9-12-18(19)17-10-7-8-11-17/h9-10,12-16H,7-8,11H2,1-6H3. The maximum atomic E-state index is 2.74. The fraction of sp³-hybridized carbons (Fsp3) is 0.667. The van der Waals surface area contributed by atoms with Crippen molar-refractivity contribution in [2.45, 2.75) is 77.4 Å². The Bertz CT molecular complexity index is 458. The Hall–Kier alpha value is -0.763. The van der Waals surface area contributed by atoms with Crippen LogP contribution >= 0.6 is 0 Å². The minimum Gasteiger partial charge on any atom is -0.373 e. The summed E-state index contributed by atoms with van der Waals surface area (Å²) in [6.45, 7) is 14.7. The average Bonchev–Trinajstić information content (AvgIpc) is 2.96. The topological polar surface area (TPSA) is 4.93 Å². The van der Waals surface area contributed by atoms with Gasteiger partial charge < -0.3 is 4.23 Å². The molecular formula is C18H31NSi. The highest BCUT2D eigenvalue weighted by atomic mass is 28.3. The molecule has 0 aromatic carbocycles. The van der Waals surface area contributed by atoms with E-state index in [0.717, 1.165) is 16.6 Å². The van der Waals surface area contributed by atoms with E-state index < -0.39 is 8.24 Å². The molecule has 1 aliphatic carbocycles. The maximum Gasteiger partial charge on any atom is 0.169 e. The molecule has 0 saturated carbocycles. The molecule has 1 nitrogen and oxygen atoms in total. The molecule has 0 unspecified atom stereocenters. The van der Waals surface area contributed by atoms with Crippen molar-refractivity contribution in [2.24, 2.45) is 0 Å². The Kier molecular flexibility index (Phi) is 4.63. The van der Waals surface area contributed by atoms with E-state index >= 15 is 0 Å². The van der Waals surface area contributed by atoms with Crippen LogP contribution in [0.1, 0.15) is 66.5 Å².